The van der Waals surface area contributed by atoms with Crippen LogP contribution in [0.5, 0.6) is 0 Å². The minimum atomic E-state index is 0.288. The summed E-state index contributed by atoms with van der Waals surface area (Å²) in [5, 5.41) is 4.46. The van der Waals surface area contributed by atoms with Gasteiger partial charge >= 0.3 is 0 Å². The number of aryl methyl sites for hydroxylation is 2. The van der Waals surface area contributed by atoms with Gasteiger partial charge in [0, 0.05) is 18.8 Å². The van der Waals surface area contributed by atoms with Gasteiger partial charge in [0.15, 0.2) is 0 Å². The van der Waals surface area contributed by atoms with Crippen LogP contribution in [0.15, 0.2) is 30.3 Å². The summed E-state index contributed by atoms with van der Waals surface area (Å²) in [6.45, 7) is 4.20. The molecule has 4 nitrogen and oxygen atoms in total. The Labute approximate surface area is 121 Å². The van der Waals surface area contributed by atoms with E-state index in [0.717, 1.165) is 25.0 Å². The lowest BCUT2D eigenvalue weighted by Crippen LogP contribution is -2.37. The monoisotopic (exact) mass is 272 g/mol. The molecule has 0 aliphatic rings. The van der Waals surface area contributed by atoms with Gasteiger partial charge in [0.05, 0.1) is 5.69 Å². The van der Waals surface area contributed by atoms with Gasteiger partial charge in [-0.15, -0.1) is 0 Å². The first-order valence-corrected chi connectivity index (χ1v) is 7.11. The first-order chi connectivity index (χ1) is 9.61. The van der Waals surface area contributed by atoms with E-state index < -0.39 is 0 Å². The average molecular weight is 272 g/mol. The van der Waals surface area contributed by atoms with Crippen molar-refractivity contribution in [3.8, 4) is 0 Å². The Morgan fingerprint density at radius 1 is 1.25 bits per heavy atom. The molecule has 0 fully saturated rings. The van der Waals surface area contributed by atoms with Crippen LogP contribution in [0.3, 0.4) is 0 Å². The summed E-state index contributed by atoms with van der Waals surface area (Å²) < 4.78 is 1.95. The van der Waals surface area contributed by atoms with Gasteiger partial charge < -0.3 is 0 Å². The highest BCUT2D eigenvalue weighted by Crippen LogP contribution is 2.16. The molecule has 0 saturated carbocycles. The molecular weight excluding hydrogens is 248 g/mol. The smallest absolute Gasteiger partial charge is 0.0628 e. The third kappa shape index (κ3) is 3.46. The third-order valence-electron chi connectivity index (χ3n) is 3.96. The largest absolute Gasteiger partial charge is 0.272 e. The Kier molecular flexibility index (Phi) is 4.93. The molecule has 1 heterocycles. The van der Waals surface area contributed by atoms with Crippen LogP contribution in [0.25, 0.3) is 0 Å². The van der Waals surface area contributed by atoms with Crippen LogP contribution in [0.2, 0.25) is 0 Å². The fourth-order valence-electron chi connectivity index (χ4n) is 2.64. The maximum atomic E-state index is 5.70. The molecule has 0 radical (unpaired) electrons. The normalized spacial score (nSPS) is 12.6. The molecule has 3 N–H and O–H groups in total. The highest BCUT2D eigenvalue weighted by Gasteiger charge is 2.13. The molecule has 1 aromatic heterocycles. The highest BCUT2D eigenvalue weighted by atomic mass is 15.3. The van der Waals surface area contributed by atoms with Crippen molar-refractivity contribution in [2.24, 2.45) is 12.9 Å². The topological polar surface area (TPSA) is 55.9 Å². The summed E-state index contributed by atoms with van der Waals surface area (Å²) in [5.74, 6) is 5.70. The van der Waals surface area contributed by atoms with E-state index in [4.69, 9.17) is 5.84 Å². The summed E-state index contributed by atoms with van der Waals surface area (Å²) in [5.41, 5.74) is 7.98. The van der Waals surface area contributed by atoms with Crippen LogP contribution in [-0.2, 0) is 19.9 Å². The van der Waals surface area contributed by atoms with Gasteiger partial charge in [0.1, 0.15) is 0 Å². The number of aromatic nitrogens is 2. The molecule has 0 bridgehead atoms. The third-order valence-corrected chi connectivity index (χ3v) is 3.96. The van der Waals surface area contributed by atoms with Crippen LogP contribution in [0.4, 0.5) is 0 Å². The van der Waals surface area contributed by atoms with Crippen LogP contribution >= 0.6 is 0 Å². The predicted octanol–water partition coefficient (Wildman–Crippen LogP) is 2.04. The van der Waals surface area contributed by atoms with Crippen molar-refractivity contribution in [3.63, 3.8) is 0 Å². The first-order valence-electron chi connectivity index (χ1n) is 7.11. The number of hydrazine groups is 1. The molecule has 1 unspecified atom stereocenters. The van der Waals surface area contributed by atoms with Gasteiger partial charge in [0.25, 0.3) is 0 Å². The number of nitrogens with one attached hydrogen (secondary N) is 1. The van der Waals surface area contributed by atoms with Gasteiger partial charge in [-0.1, -0.05) is 30.3 Å². The highest BCUT2D eigenvalue weighted by molar-refractivity contribution is 5.24. The van der Waals surface area contributed by atoms with E-state index in [1.54, 1.807) is 0 Å². The molecule has 2 rings (SSSR count). The Bertz CT molecular complexity index is 545. The SMILES string of the molecule is Cc1nn(C)c(C)c1CCC(Cc1ccccc1)NN. The molecule has 0 amide bonds. The lowest BCUT2D eigenvalue weighted by Gasteiger charge is -2.16. The van der Waals surface area contributed by atoms with Crippen molar-refractivity contribution in [1.29, 1.82) is 0 Å². The maximum absolute atomic E-state index is 5.70. The van der Waals surface area contributed by atoms with E-state index in [2.05, 4.69) is 48.6 Å². The second-order valence-electron chi connectivity index (χ2n) is 5.36. The van der Waals surface area contributed by atoms with Crippen LogP contribution in [0, 0.1) is 13.8 Å². The zero-order chi connectivity index (χ0) is 14.5. The minimum absolute atomic E-state index is 0.288. The van der Waals surface area contributed by atoms with Gasteiger partial charge in [-0.2, -0.15) is 5.10 Å². The molecule has 1 aromatic carbocycles. The summed E-state index contributed by atoms with van der Waals surface area (Å²) >= 11 is 0. The number of hydrogen-bond donors (Lipinski definition) is 2. The van der Waals surface area contributed by atoms with Gasteiger partial charge in [-0.05, 0) is 44.2 Å². The lowest BCUT2D eigenvalue weighted by molar-refractivity contribution is 0.490. The average Bonchev–Trinajstić information content (AvgIpc) is 2.70. The lowest BCUT2D eigenvalue weighted by atomic mass is 9.99. The van der Waals surface area contributed by atoms with E-state index in [1.807, 2.05) is 17.8 Å². The number of benzene rings is 1. The molecule has 0 aliphatic heterocycles. The second kappa shape index (κ2) is 6.68. The molecule has 4 heteroatoms. The number of hydrogen-bond acceptors (Lipinski definition) is 3. The fourth-order valence-corrected chi connectivity index (χ4v) is 2.64. The predicted molar refractivity (Wildman–Crippen MR) is 82.3 cm³/mol. The van der Waals surface area contributed by atoms with E-state index in [0.29, 0.717) is 0 Å². The molecule has 0 saturated heterocycles. The van der Waals surface area contributed by atoms with Crippen LogP contribution in [-0.4, -0.2) is 15.8 Å². The quantitative estimate of drug-likeness (QED) is 0.625. The number of nitrogens with zero attached hydrogens (tertiary/aromatic N) is 2. The zero-order valence-electron chi connectivity index (χ0n) is 12.6. The van der Waals surface area contributed by atoms with Gasteiger partial charge in [-0.25, -0.2) is 0 Å². The molecule has 1 atom stereocenters. The molecule has 20 heavy (non-hydrogen) atoms. The Balaban J connectivity index is 1.97. The van der Waals surface area contributed by atoms with Crippen LogP contribution < -0.4 is 11.3 Å². The second-order valence-corrected chi connectivity index (χ2v) is 5.36. The number of rotatable bonds is 6. The van der Waals surface area contributed by atoms with E-state index in [9.17, 15) is 0 Å². The van der Waals surface area contributed by atoms with E-state index >= 15 is 0 Å². The van der Waals surface area contributed by atoms with Crippen molar-refractivity contribution in [1.82, 2.24) is 15.2 Å². The summed E-state index contributed by atoms with van der Waals surface area (Å²) in [7, 11) is 1.99. The van der Waals surface area contributed by atoms with E-state index in [1.165, 1.54) is 16.8 Å². The minimum Gasteiger partial charge on any atom is -0.272 e. The Morgan fingerprint density at radius 3 is 2.50 bits per heavy atom. The number of nitrogens with two attached hydrogens (primary N) is 1. The molecule has 2 aromatic rings. The Morgan fingerprint density at radius 2 is 1.95 bits per heavy atom. The van der Waals surface area contributed by atoms with Gasteiger partial charge in [-0.3, -0.25) is 16.0 Å². The maximum Gasteiger partial charge on any atom is 0.0628 e. The fraction of sp³-hybridized carbons (Fsp3) is 0.438. The molecule has 0 spiro atoms. The van der Waals surface area contributed by atoms with Crippen molar-refractivity contribution in [3.05, 3.63) is 52.8 Å². The van der Waals surface area contributed by atoms with Crippen molar-refractivity contribution in [2.45, 2.75) is 39.2 Å². The van der Waals surface area contributed by atoms with Crippen molar-refractivity contribution < 1.29 is 0 Å². The van der Waals surface area contributed by atoms with Crippen LogP contribution in [0.1, 0.15) is 28.9 Å². The summed E-state index contributed by atoms with van der Waals surface area (Å²) in [6.07, 6.45) is 2.97. The summed E-state index contributed by atoms with van der Waals surface area (Å²) in [6, 6.07) is 10.7. The van der Waals surface area contributed by atoms with Crippen molar-refractivity contribution >= 4 is 0 Å². The standard InChI is InChI=1S/C16H24N4/c1-12-16(13(2)20(3)19-12)10-9-15(18-17)11-14-7-5-4-6-8-14/h4-8,15,18H,9-11,17H2,1-3H3. The Hall–Kier alpha value is -1.65. The molecular formula is C16H24N4. The molecule has 0 aliphatic carbocycles. The van der Waals surface area contributed by atoms with Gasteiger partial charge in [0.2, 0.25) is 0 Å². The first kappa shape index (κ1) is 14.8. The van der Waals surface area contributed by atoms with E-state index in [-0.39, 0.29) is 6.04 Å². The zero-order valence-corrected chi connectivity index (χ0v) is 12.6. The summed E-state index contributed by atoms with van der Waals surface area (Å²) in [4.78, 5) is 0. The molecule has 108 valence electrons. The van der Waals surface area contributed by atoms with Crippen molar-refractivity contribution in [2.75, 3.05) is 0 Å².